The number of amides is 1. The molecule has 4 nitrogen and oxygen atoms in total. The zero-order valence-electron chi connectivity index (χ0n) is 9.02. The SMILES string of the molecule is O=C1CC(C(=O)O)C(c2ccccc2Br)CN1. The van der Waals surface area contributed by atoms with Crippen LogP contribution in [0.2, 0.25) is 0 Å². The average Bonchev–Trinajstić information content (AvgIpc) is 2.30. The second-order valence-corrected chi connectivity index (χ2v) is 4.94. The van der Waals surface area contributed by atoms with Gasteiger partial charge in [0.05, 0.1) is 5.92 Å². The molecule has 2 atom stereocenters. The third kappa shape index (κ3) is 2.49. The maximum Gasteiger partial charge on any atom is 0.307 e. The van der Waals surface area contributed by atoms with Gasteiger partial charge >= 0.3 is 5.97 Å². The summed E-state index contributed by atoms with van der Waals surface area (Å²) in [5.74, 6) is -1.94. The molecule has 0 spiro atoms. The van der Waals surface area contributed by atoms with Gasteiger partial charge in [-0.1, -0.05) is 34.1 Å². The van der Waals surface area contributed by atoms with Gasteiger partial charge in [0.1, 0.15) is 0 Å². The molecule has 2 N–H and O–H groups in total. The van der Waals surface area contributed by atoms with Crippen LogP contribution in [0, 0.1) is 5.92 Å². The molecule has 1 aliphatic heterocycles. The molecule has 1 fully saturated rings. The Labute approximate surface area is 107 Å². The maximum absolute atomic E-state index is 11.3. The van der Waals surface area contributed by atoms with Crippen molar-refractivity contribution in [3.8, 4) is 0 Å². The molecule has 1 aromatic carbocycles. The van der Waals surface area contributed by atoms with Gasteiger partial charge in [-0.25, -0.2) is 0 Å². The van der Waals surface area contributed by atoms with Crippen LogP contribution in [0.1, 0.15) is 17.9 Å². The highest BCUT2D eigenvalue weighted by Crippen LogP contribution is 2.34. The fourth-order valence-corrected chi connectivity index (χ4v) is 2.72. The van der Waals surface area contributed by atoms with E-state index in [0.29, 0.717) is 6.54 Å². The number of carbonyl (C=O) groups is 2. The second kappa shape index (κ2) is 4.87. The van der Waals surface area contributed by atoms with E-state index in [0.717, 1.165) is 10.0 Å². The van der Waals surface area contributed by atoms with E-state index in [2.05, 4.69) is 21.2 Å². The topological polar surface area (TPSA) is 66.4 Å². The highest BCUT2D eigenvalue weighted by atomic mass is 79.9. The second-order valence-electron chi connectivity index (χ2n) is 4.08. The van der Waals surface area contributed by atoms with E-state index >= 15 is 0 Å². The number of carboxylic acids is 1. The first-order valence-corrected chi connectivity index (χ1v) is 6.13. The minimum atomic E-state index is -0.916. The number of nitrogens with one attached hydrogen (secondary N) is 1. The molecule has 1 aliphatic rings. The molecule has 17 heavy (non-hydrogen) atoms. The lowest BCUT2D eigenvalue weighted by atomic mass is 9.81. The van der Waals surface area contributed by atoms with E-state index in [-0.39, 0.29) is 18.2 Å². The highest BCUT2D eigenvalue weighted by Gasteiger charge is 2.36. The zero-order chi connectivity index (χ0) is 12.4. The summed E-state index contributed by atoms with van der Waals surface area (Å²) < 4.78 is 0.882. The molecule has 0 bridgehead atoms. The fourth-order valence-electron chi connectivity index (χ4n) is 2.14. The normalized spacial score (nSPS) is 24.2. The van der Waals surface area contributed by atoms with E-state index in [1.165, 1.54) is 0 Å². The van der Waals surface area contributed by atoms with Crippen molar-refractivity contribution in [3.63, 3.8) is 0 Å². The minimum Gasteiger partial charge on any atom is -0.481 e. The number of rotatable bonds is 2. The highest BCUT2D eigenvalue weighted by molar-refractivity contribution is 9.10. The Hall–Kier alpha value is -1.36. The zero-order valence-corrected chi connectivity index (χ0v) is 10.6. The minimum absolute atomic E-state index is 0.0430. The van der Waals surface area contributed by atoms with Gasteiger partial charge in [-0.05, 0) is 11.6 Å². The average molecular weight is 298 g/mol. The molecule has 1 aromatic rings. The maximum atomic E-state index is 11.3. The summed E-state index contributed by atoms with van der Waals surface area (Å²) in [5.41, 5.74) is 0.930. The molecular weight excluding hydrogens is 286 g/mol. The number of piperidine rings is 1. The summed E-state index contributed by atoms with van der Waals surface area (Å²) in [4.78, 5) is 22.5. The Morgan fingerprint density at radius 1 is 1.41 bits per heavy atom. The molecular formula is C12H12BrNO3. The lowest BCUT2D eigenvalue weighted by Crippen LogP contribution is -2.42. The van der Waals surface area contributed by atoms with Gasteiger partial charge in [0.25, 0.3) is 0 Å². The quantitative estimate of drug-likeness (QED) is 0.874. The number of aliphatic carboxylic acids is 1. The Bertz CT molecular complexity index is 461. The van der Waals surface area contributed by atoms with Gasteiger partial charge in [-0.2, -0.15) is 0 Å². The fraction of sp³-hybridized carbons (Fsp3) is 0.333. The predicted octanol–water partition coefficient (Wildman–Crippen LogP) is 1.75. The molecule has 2 unspecified atom stereocenters. The van der Waals surface area contributed by atoms with Crippen molar-refractivity contribution in [2.24, 2.45) is 5.92 Å². The van der Waals surface area contributed by atoms with Crippen LogP contribution >= 0.6 is 15.9 Å². The lowest BCUT2D eigenvalue weighted by Gasteiger charge is -2.29. The molecule has 1 amide bonds. The van der Waals surface area contributed by atoms with Crippen LogP contribution in [0.4, 0.5) is 0 Å². The first-order chi connectivity index (χ1) is 8.09. The van der Waals surface area contributed by atoms with Crippen LogP contribution in [-0.4, -0.2) is 23.5 Å². The Balaban J connectivity index is 2.33. The molecule has 1 heterocycles. The van der Waals surface area contributed by atoms with Crippen molar-refractivity contribution < 1.29 is 14.7 Å². The Morgan fingerprint density at radius 2 is 2.12 bits per heavy atom. The predicted molar refractivity (Wildman–Crippen MR) is 65.6 cm³/mol. The van der Waals surface area contributed by atoms with Crippen LogP contribution in [0.3, 0.4) is 0 Å². The molecule has 5 heteroatoms. The molecule has 1 saturated heterocycles. The molecule has 0 radical (unpaired) electrons. The number of hydrogen-bond acceptors (Lipinski definition) is 2. The van der Waals surface area contributed by atoms with Crippen molar-refractivity contribution in [1.29, 1.82) is 0 Å². The van der Waals surface area contributed by atoms with Crippen molar-refractivity contribution in [3.05, 3.63) is 34.3 Å². The van der Waals surface area contributed by atoms with E-state index in [1.54, 1.807) is 0 Å². The van der Waals surface area contributed by atoms with Crippen LogP contribution in [0.5, 0.6) is 0 Å². The van der Waals surface area contributed by atoms with Gasteiger partial charge < -0.3 is 10.4 Å². The summed E-state index contributed by atoms with van der Waals surface area (Å²) in [6.07, 6.45) is 0.0430. The Kier molecular flexibility index (Phi) is 3.47. The summed E-state index contributed by atoms with van der Waals surface area (Å²) in [5, 5.41) is 11.9. The largest absolute Gasteiger partial charge is 0.481 e. The molecule has 0 aliphatic carbocycles. The number of carboxylic acid groups (broad SMARTS) is 1. The number of halogens is 1. The van der Waals surface area contributed by atoms with Crippen LogP contribution in [-0.2, 0) is 9.59 Å². The van der Waals surface area contributed by atoms with Crippen molar-refractivity contribution in [2.45, 2.75) is 12.3 Å². The van der Waals surface area contributed by atoms with Gasteiger partial charge in [0.2, 0.25) is 5.91 Å². The Morgan fingerprint density at radius 3 is 2.76 bits per heavy atom. The number of hydrogen-bond donors (Lipinski definition) is 2. The van der Waals surface area contributed by atoms with Crippen LogP contribution in [0.25, 0.3) is 0 Å². The first kappa shape index (κ1) is 12.1. The number of benzene rings is 1. The molecule has 0 saturated carbocycles. The van der Waals surface area contributed by atoms with Gasteiger partial charge in [-0.15, -0.1) is 0 Å². The molecule has 2 rings (SSSR count). The number of carbonyl (C=O) groups excluding carboxylic acids is 1. The van der Waals surface area contributed by atoms with E-state index in [4.69, 9.17) is 0 Å². The van der Waals surface area contributed by atoms with Gasteiger partial charge in [0, 0.05) is 23.4 Å². The van der Waals surface area contributed by atoms with Gasteiger partial charge in [-0.3, -0.25) is 9.59 Å². The van der Waals surface area contributed by atoms with Crippen molar-refractivity contribution in [1.82, 2.24) is 5.32 Å². The van der Waals surface area contributed by atoms with Crippen LogP contribution < -0.4 is 5.32 Å². The third-order valence-electron chi connectivity index (χ3n) is 3.03. The molecule has 0 aromatic heterocycles. The molecule has 90 valence electrons. The summed E-state index contributed by atoms with van der Waals surface area (Å²) >= 11 is 3.42. The van der Waals surface area contributed by atoms with Crippen molar-refractivity contribution >= 4 is 27.8 Å². The summed E-state index contributed by atoms with van der Waals surface area (Å²) in [6, 6.07) is 7.52. The first-order valence-electron chi connectivity index (χ1n) is 5.33. The van der Waals surface area contributed by atoms with E-state index in [1.807, 2.05) is 24.3 Å². The summed E-state index contributed by atoms with van der Waals surface area (Å²) in [7, 11) is 0. The third-order valence-corrected chi connectivity index (χ3v) is 3.75. The monoisotopic (exact) mass is 297 g/mol. The smallest absolute Gasteiger partial charge is 0.307 e. The van der Waals surface area contributed by atoms with E-state index in [9.17, 15) is 14.7 Å². The van der Waals surface area contributed by atoms with Crippen molar-refractivity contribution in [2.75, 3.05) is 6.54 Å². The summed E-state index contributed by atoms with van der Waals surface area (Å²) in [6.45, 7) is 0.373. The van der Waals surface area contributed by atoms with Gasteiger partial charge in [0.15, 0.2) is 0 Å². The lowest BCUT2D eigenvalue weighted by molar-refractivity contribution is -0.146. The van der Waals surface area contributed by atoms with Crippen LogP contribution in [0.15, 0.2) is 28.7 Å². The standard InChI is InChI=1S/C12H12BrNO3/c13-10-4-2-1-3-7(10)9-6-14-11(15)5-8(9)12(16)17/h1-4,8-9H,5-6H2,(H,14,15)(H,16,17). The van der Waals surface area contributed by atoms with E-state index < -0.39 is 11.9 Å².